The van der Waals surface area contributed by atoms with Crippen LogP contribution in [-0.4, -0.2) is 35.6 Å². The summed E-state index contributed by atoms with van der Waals surface area (Å²) in [5.74, 6) is -2.76. The van der Waals surface area contributed by atoms with Crippen LogP contribution in [0.3, 0.4) is 0 Å². The minimum atomic E-state index is -5.08. The molecule has 3 nitrogen and oxygen atoms in total. The van der Waals surface area contributed by atoms with Gasteiger partial charge in [0.2, 0.25) is 0 Å². The number of alkyl halides is 3. The summed E-state index contributed by atoms with van der Waals surface area (Å²) in [5.41, 5.74) is 0. The van der Waals surface area contributed by atoms with Crippen molar-refractivity contribution in [3.8, 4) is 0 Å². The number of aliphatic carboxylic acids is 1. The van der Waals surface area contributed by atoms with Gasteiger partial charge in [0, 0.05) is 11.8 Å². The Morgan fingerprint density at radius 2 is 2.00 bits per heavy atom. The Labute approximate surface area is 78.7 Å². The summed E-state index contributed by atoms with van der Waals surface area (Å²) in [4.78, 5) is 8.90. The summed E-state index contributed by atoms with van der Waals surface area (Å²) >= 11 is 4.23. The SMILES string of the molecule is O=C(O)C(F)(F)F.SC1CCNC1. The van der Waals surface area contributed by atoms with Gasteiger partial charge < -0.3 is 10.4 Å². The molecular formula is C6H10F3NO2S. The smallest absolute Gasteiger partial charge is 0.475 e. The summed E-state index contributed by atoms with van der Waals surface area (Å²) in [6.07, 6.45) is -3.84. The lowest BCUT2D eigenvalue weighted by atomic mass is 10.4. The van der Waals surface area contributed by atoms with Gasteiger partial charge in [-0.3, -0.25) is 0 Å². The molecule has 1 heterocycles. The lowest BCUT2D eigenvalue weighted by Gasteiger charge is -1.93. The molecule has 1 atom stereocenters. The molecule has 2 N–H and O–H groups in total. The minimum Gasteiger partial charge on any atom is -0.475 e. The van der Waals surface area contributed by atoms with E-state index in [1.807, 2.05) is 0 Å². The molecule has 0 aromatic rings. The van der Waals surface area contributed by atoms with E-state index in [1.54, 1.807) is 0 Å². The summed E-state index contributed by atoms with van der Waals surface area (Å²) in [5, 5.41) is 11.0. The van der Waals surface area contributed by atoms with Crippen molar-refractivity contribution in [2.24, 2.45) is 0 Å². The Hall–Kier alpha value is -0.430. The zero-order valence-electron chi connectivity index (χ0n) is 6.64. The van der Waals surface area contributed by atoms with E-state index in [9.17, 15) is 13.2 Å². The van der Waals surface area contributed by atoms with E-state index in [4.69, 9.17) is 9.90 Å². The molecule has 0 aromatic carbocycles. The lowest BCUT2D eigenvalue weighted by molar-refractivity contribution is -0.192. The van der Waals surface area contributed by atoms with E-state index in [1.165, 1.54) is 6.42 Å². The Morgan fingerprint density at radius 3 is 2.08 bits per heavy atom. The topological polar surface area (TPSA) is 49.3 Å². The summed E-state index contributed by atoms with van der Waals surface area (Å²) in [6.45, 7) is 2.26. The zero-order chi connectivity index (χ0) is 10.5. The molecule has 1 aliphatic heterocycles. The number of carboxylic acids is 1. The quantitative estimate of drug-likeness (QED) is 0.529. The van der Waals surface area contributed by atoms with Gasteiger partial charge >= 0.3 is 12.1 Å². The third kappa shape index (κ3) is 6.71. The van der Waals surface area contributed by atoms with Crippen LogP contribution in [0, 0.1) is 0 Å². The number of rotatable bonds is 0. The van der Waals surface area contributed by atoms with Crippen molar-refractivity contribution >= 4 is 18.6 Å². The van der Waals surface area contributed by atoms with E-state index < -0.39 is 12.1 Å². The Bertz CT molecular complexity index is 168. The summed E-state index contributed by atoms with van der Waals surface area (Å²) < 4.78 is 31.7. The van der Waals surface area contributed by atoms with Gasteiger partial charge in [-0.1, -0.05) is 0 Å². The molecule has 1 saturated heterocycles. The molecule has 1 unspecified atom stereocenters. The van der Waals surface area contributed by atoms with Crippen molar-refractivity contribution in [2.75, 3.05) is 13.1 Å². The van der Waals surface area contributed by atoms with Gasteiger partial charge in [0.15, 0.2) is 0 Å². The molecule has 0 aliphatic carbocycles. The predicted molar refractivity (Wildman–Crippen MR) is 44.0 cm³/mol. The van der Waals surface area contributed by atoms with Crippen molar-refractivity contribution < 1.29 is 23.1 Å². The van der Waals surface area contributed by atoms with Crippen molar-refractivity contribution in [2.45, 2.75) is 17.8 Å². The number of hydrogen-bond acceptors (Lipinski definition) is 3. The average molecular weight is 217 g/mol. The van der Waals surface area contributed by atoms with Gasteiger partial charge in [-0.15, -0.1) is 0 Å². The highest BCUT2D eigenvalue weighted by atomic mass is 32.1. The Kier molecular flexibility index (Phi) is 5.16. The minimum absolute atomic E-state index is 0.630. The highest BCUT2D eigenvalue weighted by Gasteiger charge is 2.38. The van der Waals surface area contributed by atoms with Crippen LogP contribution in [0.15, 0.2) is 0 Å². The van der Waals surface area contributed by atoms with Gasteiger partial charge in [0.1, 0.15) is 0 Å². The fraction of sp³-hybridized carbons (Fsp3) is 0.833. The van der Waals surface area contributed by atoms with E-state index in [0.29, 0.717) is 5.25 Å². The number of thiol groups is 1. The molecule has 7 heteroatoms. The van der Waals surface area contributed by atoms with Crippen LogP contribution in [-0.2, 0) is 4.79 Å². The molecule has 0 spiro atoms. The maximum absolute atomic E-state index is 10.6. The van der Waals surface area contributed by atoms with Gasteiger partial charge in [-0.25, -0.2) is 4.79 Å². The molecule has 0 saturated carbocycles. The third-order valence-corrected chi connectivity index (χ3v) is 1.72. The van der Waals surface area contributed by atoms with Crippen LogP contribution in [0.4, 0.5) is 13.2 Å². The first-order valence-electron chi connectivity index (χ1n) is 3.53. The molecule has 78 valence electrons. The van der Waals surface area contributed by atoms with Crippen molar-refractivity contribution in [1.82, 2.24) is 5.32 Å². The zero-order valence-corrected chi connectivity index (χ0v) is 7.53. The van der Waals surface area contributed by atoms with Gasteiger partial charge in [-0.2, -0.15) is 25.8 Å². The standard InChI is InChI=1S/C4H9NS.C2HF3O2/c6-4-1-2-5-3-4;3-2(4,5)1(6)7/h4-6H,1-3H2;(H,6,7). The second-order valence-corrected chi connectivity index (χ2v) is 3.18. The van der Waals surface area contributed by atoms with Crippen molar-refractivity contribution in [3.05, 3.63) is 0 Å². The maximum atomic E-state index is 10.6. The molecule has 0 amide bonds. The molecule has 1 aliphatic rings. The molecule has 0 bridgehead atoms. The first-order valence-corrected chi connectivity index (χ1v) is 4.04. The monoisotopic (exact) mass is 217 g/mol. The van der Waals surface area contributed by atoms with E-state index >= 15 is 0 Å². The number of hydrogen-bond donors (Lipinski definition) is 3. The largest absolute Gasteiger partial charge is 0.490 e. The van der Waals surface area contributed by atoms with Crippen LogP contribution in [0.1, 0.15) is 6.42 Å². The molecule has 1 fully saturated rings. The number of carbonyl (C=O) groups is 1. The van der Waals surface area contributed by atoms with Gasteiger partial charge in [0.25, 0.3) is 0 Å². The number of halogens is 3. The first-order chi connectivity index (χ1) is 5.84. The summed E-state index contributed by atoms with van der Waals surface area (Å²) in [7, 11) is 0. The van der Waals surface area contributed by atoms with Crippen LogP contribution in [0.25, 0.3) is 0 Å². The van der Waals surface area contributed by atoms with Crippen LogP contribution < -0.4 is 5.32 Å². The van der Waals surface area contributed by atoms with Crippen LogP contribution in [0.5, 0.6) is 0 Å². The molecule has 1 rings (SSSR count). The van der Waals surface area contributed by atoms with Crippen LogP contribution >= 0.6 is 12.6 Å². The van der Waals surface area contributed by atoms with E-state index in [0.717, 1.165) is 13.1 Å². The maximum Gasteiger partial charge on any atom is 0.490 e. The second-order valence-electron chi connectivity index (χ2n) is 2.45. The van der Waals surface area contributed by atoms with Gasteiger partial charge in [0.05, 0.1) is 0 Å². The Balaban J connectivity index is 0.000000223. The number of carboxylic acid groups (broad SMARTS) is 1. The highest BCUT2D eigenvalue weighted by Crippen LogP contribution is 2.13. The normalized spacial score (nSPS) is 22.0. The van der Waals surface area contributed by atoms with E-state index in [-0.39, 0.29) is 0 Å². The average Bonchev–Trinajstić information content (AvgIpc) is 2.38. The van der Waals surface area contributed by atoms with E-state index in [2.05, 4.69) is 17.9 Å². The first kappa shape index (κ1) is 12.6. The summed E-state index contributed by atoms with van der Waals surface area (Å²) in [6, 6.07) is 0. The highest BCUT2D eigenvalue weighted by molar-refractivity contribution is 7.81. The fourth-order valence-electron chi connectivity index (χ4n) is 0.639. The third-order valence-electron chi connectivity index (χ3n) is 1.28. The molecule has 13 heavy (non-hydrogen) atoms. The van der Waals surface area contributed by atoms with Crippen LogP contribution in [0.2, 0.25) is 0 Å². The molecule has 0 aromatic heterocycles. The lowest BCUT2D eigenvalue weighted by Crippen LogP contribution is -2.21. The molecule has 0 radical (unpaired) electrons. The molecular weight excluding hydrogens is 207 g/mol. The van der Waals surface area contributed by atoms with Crippen molar-refractivity contribution in [3.63, 3.8) is 0 Å². The Morgan fingerprint density at radius 1 is 1.54 bits per heavy atom. The predicted octanol–water partition coefficient (Wildman–Crippen LogP) is 0.911. The van der Waals surface area contributed by atoms with Crippen molar-refractivity contribution in [1.29, 1.82) is 0 Å². The number of nitrogens with one attached hydrogen (secondary N) is 1. The fourth-order valence-corrected chi connectivity index (χ4v) is 0.898. The second kappa shape index (κ2) is 5.33. The van der Waals surface area contributed by atoms with Gasteiger partial charge in [-0.05, 0) is 13.0 Å².